The van der Waals surface area contributed by atoms with Crippen LogP contribution < -0.4 is 17.2 Å². The molecule has 32 heteroatoms. The molecule has 0 bridgehead atoms. The SMILES string of the molecule is NCCO.NCCO.NCCO.O=P(O)(O)OP(=O)(O)OCCC(F)(F)C(F)(F)C(F)(F)C(F)(F)C(F)(F)C(F)(F)C(F)(F)C(F)(F)F. The molecule has 0 radical (unpaired) electrons. The molecule has 0 aromatic rings. The van der Waals surface area contributed by atoms with Gasteiger partial charge in [-0.15, -0.1) is 0 Å². The Balaban J connectivity index is -0.000000687. The number of hydrogen-bond acceptors (Lipinski definition) is 10. The van der Waals surface area contributed by atoms with Gasteiger partial charge in [0.25, 0.3) is 0 Å². The van der Waals surface area contributed by atoms with Crippen LogP contribution in [0, 0.1) is 0 Å². The first-order valence-electron chi connectivity index (χ1n) is 11.3. The Hall–Kier alpha value is -1.17. The summed E-state index contributed by atoms with van der Waals surface area (Å²) in [4.78, 5) is 25.0. The van der Waals surface area contributed by atoms with Crippen molar-refractivity contribution in [3.63, 3.8) is 0 Å². The summed E-state index contributed by atoms with van der Waals surface area (Å²) in [6.45, 7) is -1.17. The Morgan fingerprint density at radius 1 is 0.500 bits per heavy atom. The molecule has 0 saturated heterocycles. The summed E-state index contributed by atoms with van der Waals surface area (Å²) < 4.78 is 249. The van der Waals surface area contributed by atoms with E-state index in [1.165, 1.54) is 0 Å². The number of phosphoric ester groups is 1. The molecule has 296 valence electrons. The van der Waals surface area contributed by atoms with Gasteiger partial charge < -0.3 is 47.2 Å². The van der Waals surface area contributed by atoms with Crippen molar-refractivity contribution < 1.29 is 123 Å². The average molecular weight is 807 g/mol. The number of halogens is 17. The highest BCUT2D eigenvalue weighted by Gasteiger charge is 2.95. The maximum atomic E-state index is 13.5. The minimum Gasteiger partial charge on any atom is -0.395 e. The van der Waals surface area contributed by atoms with E-state index in [0.29, 0.717) is 19.6 Å². The molecule has 1 unspecified atom stereocenters. The maximum Gasteiger partial charge on any atom is 0.481 e. The van der Waals surface area contributed by atoms with Gasteiger partial charge in [-0.2, -0.15) is 78.9 Å². The largest absolute Gasteiger partial charge is 0.481 e. The van der Waals surface area contributed by atoms with Gasteiger partial charge in [0.15, 0.2) is 0 Å². The highest BCUT2D eigenvalue weighted by atomic mass is 31.3. The molecule has 0 aromatic heterocycles. The van der Waals surface area contributed by atoms with E-state index in [4.69, 9.17) is 47.2 Å². The third-order valence-electron chi connectivity index (χ3n) is 4.05. The Labute approximate surface area is 256 Å². The van der Waals surface area contributed by atoms with Crippen molar-refractivity contribution in [2.75, 3.05) is 46.1 Å². The van der Waals surface area contributed by atoms with Crippen LogP contribution in [-0.2, 0) is 18.0 Å². The number of alkyl halides is 17. The van der Waals surface area contributed by atoms with Gasteiger partial charge in [0.1, 0.15) is 0 Å². The van der Waals surface area contributed by atoms with E-state index in [-0.39, 0.29) is 19.8 Å². The molecule has 13 nitrogen and oxygen atoms in total. The second kappa shape index (κ2) is 19.4. The summed E-state index contributed by atoms with van der Waals surface area (Å²) in [5.74, 6) is -58.1. The van der Waals surface area contributed by atoms with E-state index >= 15 is 0 Å². The minimum atomic E-state index is -8.81. The molecule has 0 aliphatic heterocycles. The lowest BCUT2D eigenvalue weighted by molar-refractivity contribution is -0.461. The second-order valence-electron chi connectivity index (χ2n) is 7.81. The van der Waals surface area contributed by atoms with Gasteiger partial charge in [-0.05, 0) is 0 Å². The molecule has 48 heavy (non-hydrogen) atoms. The molecule has 0 amide bonds. The Morgan fingerprint density at radius 3 is 0.979 bits per heavy atom. The first kappa shape index (κ1) is 53.6. The lowest BCUT2D eigenvalue weighted by Gasteiger charge is -2.42. The summed E-state index contributed by atoms with van der Waals surface area (Å²) in [6, 6.07) is 0. The zero-order chi connectivity index (χ0) is 40.1. The predicted octanol–water partition coefficient (Wildman–Crippen LogP) is 2.42. The number of phosphoric acid groups is 2. The number of aliphatic hydroxyl groups is 3. The molecule has 12 N–H and O–H groups in total. The fourth-order valence-electron chi connectivity index (χ4n) is 1.80. The van der Waals surface area contributed by atoms with Crippen LogP contribution in [0.3, 0.4) is 0 Å². The van der Waals surface area contributed by atoms with Crippen molar-refractivity contribution in [3.05, 3.63) is 0 Å². The lowest BCUT2D eigenvalue weighted by atomic mass is 9.88. The zero-order valence-corrected chi connectivity index (χ0v) is 24.8. The molecular weight excluding hydrogens is 779 g/mol. The summed E-state index contributed by atoms with van der Waals surface area (Å²) in [7, 11) is -12.2. The van der Waals surface area contributed by atoms with E-state index in [1.807, 2.05) is 0 Å². The van der Waals surface area contributed by atoms with E-state index in [0.717, 1.165) is 0 Å². The highest BCUT2D eigenvalue weighted by molar-refractivity contribution is 7.60. The van der Waals surface area contributed by atoms with E-state index in [9.17, 15) is 83.8 Å². The van der Waals surface area contributed by atoms with Crippen LogP contribution in [0.2, 0.25) is 0 Å². The van der Waals surface area contributed by atoms with Gasteiger partial charge in [0.2, 0.25) is 0 Å². The Bertz CT molecular complexity index is 1000. The van der Waals surface area contributed by atoms with Crippen molar-refractivity contribution in [2.24, 2.45) is 17.2 Å². The molecular formula is C16H28F17N3O10P2. The predicted molar refractivity (Wildman–Crippen MR) is 123 cm³/mol. The van der Waals surface area contributed by atoms with E-state index in [2.05, 4.69) is 8.83 Å². The number of nitrogens with two attached hydrogens (primary N) is 3. The second-order valence-corrected chi connectivity index (χ2v) is 10.6. The molecule has 0 heterocycles. The van der Waals surface area contributed by atoms with Gasteiger partial charge in [0.05, 0.1) is 26.4 Å². The topological polar surface area (TPSA) is 252 Å². The van der Waals surface area contributed by atoms with Crippen LogP contribution in [0.4, 0.5) is 74.6 Å². The quantitative estimate of drug-likeness (QED) is 0.0853. The van der Waals surface area contributed by atoms with E-state index < -0.39 is 76.3 Å². The van der Waals surface area contributed by atoms with Crippen molar-refractivity contribution in [2.45, 2.75) is 54.1 Å². The van der Waals surface area contributed by atoms with Gasteiger partial charge >= 0.3 is 63.3 Å². The van der Waals surface area contributed by atoms with Crippen LogP contribution in [0.25, 0.3) is 0 Å². The summed E-state index contributed by atoms with van der Waals surface area (Å²) >= 11 is 0. The Morgan fingerprint density at radius 2 is 0.750 bits per heavy atom. The van der Waals surface area contributed by atoms with Crippen molar-refractivity contribution in [3.8, 4) is 0 Å². The molecule has 0 fully saturated rings. The van der Waals surface area contributed by atoms with Gasteiger partial charge in [-0.25, -0.2) is 9.13 Å². The van der Waals surface area contributed by atoms with Crippen molar-refractivity contribution in [1.82, 2.24) is 0 Å². The van der Waals surface area contributed by atoms with Crippen molar-refractivity contribution in [1.29, 1.82) is 0 Å². The molecule has 1 atom stereocenters. The Kier molecular flexibility index (Phi) is 21.7. The average Bonchev–Trinajstić information content (AvgIpc) is 2.90. The van der Waals surface area contributed by atoms with Crippen LogP contribution in [0.1, 0.15) is 6.42 Å². The number of aliphatic hydroxyl groups excluding tert-OH is 3. The van der Waals surface area contributed by atoms with Crippen LogP contribution >= 0.6 is 15.6 Å². The molecule has 0 spiro atoms. The monoisotopic (exact) mass is 807 g/mol. The standard InChI is InChI=1S/C10H7F17O7P2.3C2H7NO/c11-3(12,1-2-33-36(31,32)34-35(28,29)30)4(13,14)5(15,16)6(17,18)7(19,20)8(21,22)9(23,24)10(25,26)27;3*3-1-2-4/h1-2H2,(H,31,32)(H2,28,29,30);3*4H,1-3H2. The molecule has 0 aliphatic carbocycles. The maximum absolute atomic E-state index is 13.5. The normalized spacial score (nSPS) is 15.2. The molecule has 0 saturated carbocycles. The minimum absolute atomic E-state index is 0.0972. The smallest absolute Gasteiger partial charge is 0.395 e. The fourth-order valence-corrected chi connectivity index (χ4v) is 3.39. The first-order chi connectivity index (χ1) is 20.9. The van der Waals surface area contributed by atoms with Crippen molar-refractivity contribution >= 4 is 15.6 Å². The molecule has 0 aliphatic rings. The third-order valence-corrected chi connectivity index (χ3v) is 6.24. The van der Waals surface area contributed by atoms with Gasteiger partial charge in [-0.3, -0.25) is 4.52 Å². The van der Waals surface area contributed by atoms with Crippen LogP contribution in [-0.4, -0.2) is 124 Å². The third kappa shape index (κ3) is 13.9. The van der Waals surface area contributed by atoms with Gasteiger partial charge in [-0.1, -0.05) is 0 Å². The fraction of sp³-hybridized carbons (Fsp3) is 1.00. The summed E-state index contributed by atoms with van der Waals surface area (Å²) in [6.07, 6.45) is -11.1. The molecule has 0 rings (SSSR count). The van der Waals surface area contributed by atoms with Crippen LogP contribution in [0.5, 0.6) is 0 Å². The lowest BCUT2D eigenvalue weighted by Crippen LogP contribution is -2.74. The van der Waals surface area contributed by atoms with E-state index in [1.54, 1.807) is 0 Å². The number of rotatable bonds is 15. The zero-order valence-electron chi connectivity index (χ0n) is 23.0. The summed E-state index contributed by atoms with van der Waals surface area (Å²) in [5, 5.41) is 23.2. The number of hydrogen-bond donors (Lipinski definition) is 9. The highest BCUT2D eigenvalue weighted by Crippen LogP contribution is 2.64. The van der Waals surface area contributed by atoms with Gasteiger partial charge in [0, 0.05) is 26.1 Å². The first-order valence-corrected chi connectivity index (χ1v) is 14.3. The summed E-state index contributed by atoms with van der Waals surface area (Å²) in [5.41, 5.74) is 14.3. The molecule has 0 aromatic carbocycles. The van der Waals surface area contributed by atoms with Crippen LogP contribution in [0.15, 0.2) is 0 Å².